The van der Waals surface area contributed by atoms with E-state index in [-0.39, 0.29) is 48.9 Å². The Kier molecular flexibility index (Phi) is 12.2. The summed E-state index contributed by atoms with van der Waals surface area (Å²) in [5.74, 6) is 1.96. The summed E-state index contributed by atoms with van der Waals surface area (Å²) in [6.07, 6.45) is 6.73. The van der Waals surface area contributed by atoms with Crippen molar-refractivity contribution in [3.05, 3.63) is 102 Å². The van der Waals surface area contributed by atoms with Crippen molar-refractivity contribution >= 4 is 38.5 Å². The van der Waals surface area contributed by atoms with Gasteiger partial charge < -0.3 is 13.9 Å². The minimum Gasteiger partial charge on any atom is -0.512 e. The zero-order valence-electron chi connectivity index (χ0n) is 29.0. The molecule has 0 bridgehead atoms. The van der Waals surface area contributed by atoms with Crippen molar-refractivity contribution in [2.24, 2.45) is 11.8 Å². The molecule has 6 heteroatoms. The Morgan fingerprint density at radius 3 is 2.12 bits per heavy atom. The Hall–Kier alpha value is -3.99. The average molecular weight is 821 g/mol. The number of fused-ring (bicyclic) bond motifs is 3. The number of hydrogen-bond donors (Lipinski definition) is 1. The summed E-state index contributed by atoms with van der Waals surface area (Å²) in [4.78, 5) is 16.4. The summed E-state index contributed by atoms with van der Waals surface area (Å²) in [5, 5.41) is 14.1. The number of aromatic nitrogens is 1. The Labute approximate surface area is 297 Å². The molecule has 0 saturated carbocycles. The molecular formula is C42H46IrNO4-. The van der Waals surface area contributed by atoms with Gasteiger partial charge in [0.1, 0.15) is 11.2 Å². The van der Waals surface area contributed by atoms with Crippen LogP contribution in [0.15, 0.2) is 99.7 Å². The van der Waals surface area contributed by atoms with Crippen molar-refractivity contribution < 1.29 is 38.8 Å². The van der Waals surface area contributed by atoms with Crippen LogP contribution in [-0.4, -0.2) is 15.9 Å². The Morgan fingerprint density at radius 1 is 0.833 bits per heavy atom. The topological polar surface area (TPSA) is 76.5 Å². The second-order valence-corrected chi connectivity index (χ2v) is 13.2. The fourth-order valence-corrected chi connectivity index (χ4v) is 6.14. The third kappa shape index (κ3) is 7.99. The van der Waals surface area contributed by atoms with Crippen molar-refractivity contribution in [1.29, 1.82) is 0 Å². The molecule has 0 saturated heterocycles. The molecule has 1 N–H and O–H groups in total. The molecule has 0 aliphatic carbocycles. The number of para-hydroxylation sites is 1. The van der Waals surface area contributed by atoms with Crippen molar-refractivity contribution in [2.75, 3.05) is 0 Å². The normalized spacial score (nSPS) is 12.1. The summed E-state index contributed by atoms with van der Waals surface area (Å²) in [7, 11) is 0. The summed E-state index contributed by atoms with van der Waals surface area (Å²) in [6.45, 7) is 14.8. The molecule has 3 heterocycles. The third-order valence-corrected chi connectivity index (χ3v) is 9.02. The largest absolute Gasteiger partial charge is 0.512 e. The first kappa shape index (κ1) is 36.8. The first-order valence-electron chi connectivity index (χ1n) is 16.9. The first-order valence-corrected chi connectivity index (χ1v) is 16.9. The first-order chi connectivity index (χ1) is 22.6. The molecule has 6 rings (SSSR count). The Morgan fingerprint density at radius 2 is 1.46 bits per heavy atom. The van der Waals surface area contributed by atoms with Crippen LogP contribution in [0.3, 0.4) is 0 Å². The van der Waals surface area contributed by atoms with Gasteiger partial charge >= 0.3 is 0 Å². The van der Waals surface area contributed by atoms with Crippen molar-refractivity contribution in [3.8, 4) is 22.8 Å². The van der Waals surface area contributed by atoms with Gasteiger partial charge in [-0.05, 0) is 55.4 Å². The van der Waals surface area contributed by atoms with Crippen LogP contribution in [0.25, 0.3) is 55.5 Å². The van der Waals surface area contributed by atoms with Crippen LogP contribution in [0.1, 0.15) is 79.7 Å². The number of carbonyl (C=O) groups excluding carboxylic acids is 1. The summed E-state index contributed by atoms with van der Waals surface area (Å²) in [5.41, 5.74) is 4.57. The maximum absolute atomic E-state index is 11.7. The maximum Gasteiger partial charge on any atom is 0.170 e. The molecule has 253 valence electrons. The van der Waals surface area contributed by atoms with E-state index in [2.05, 4.69) is 57.2 Å². The molecule has 1 radical (unpaired) electrons. The number of hydrogen-bond acceptors (Lipinski definition) is 5. The van der Waals surface area contributed by atoms with Gasteiger partial charge in [-0.2, -0.15) is 0 Å². The molecule has 0 atom stereocenters. The van der Waals surface area contributed by atoms with Crippen LogP contribution in [0.4, 0.5) is 0 Å². The predicted molar refractivity (Wildman–Crippen MR) is 194 cm³/mol. The molecule has 0 aliphatic heterocycles. The molecule has 48 heavy (non-hydrogen) atoms. The van der Waals surface area contributed by atoms with E-state index in [9.17, 15) is 9.90 Å². The molecular weight excluding hydrogens is 775 g/mol. The number of aliphatic hydroxyl groups excluding tert-OH is 1. The zero-order valence-corrected chi connectivity index (χ0v) is 31.4. The van der Waals surface area contributed by atoms with Gasteiger partial charge in [-0.3, -0.25) is 9.78 Å². The van der Waals surface area contributed by atoms with Crippen LogP contribution in [0, 0.1) is 17.9 Å². The molecule has 6 aromatic rings. The van der Waals surface area contributed by atoms with E-state index in [0.29, 0.717) is 11.5 Å². The fraction of sp³-hybridized carbons (Fsp3) is 0.333. The molecule has 0 amide bonds. The maximum atomic E-state index is 11.7. The van der Waals surface area contributed by atoms with E-state index in [4.69, 9.17) is 13.8 Å². The SMILES string of the molecule is CC(C)(C)c1cc(-c2nccc3cc(-c4cc5ccccc5o4)oc23)[c-]c2ccccc12.CCC(CC)C(=O)/C=C(\O)C(CC)CC.[Ir]. The van der Waals surface area contributed by atoms with Crippen molar-refractivity contribution in [2.45, 2.75) is 79.6 Å². The number of furan rings is 2. The molecule has 0 unspecified atom stereocenters. The van der Waals surface area contributed by atoms with Gasteiger partial charge in [0.15, 0.2) is 17.3 Å². The summed E-state index contributed by atoms with van der Waals surface area (Å²) >= 11 is 0. The number of ketones is 1. The van der Waals surface area contributed by atoms with Gasteiger partial charge in [-0.15, -0.1) is 29.1 Å². The zero-order chi connectivity index (χ0) is 33.7. The van der Waals surface area contributed by atoms with E-state index in [1.807, 2.05) is 76.4 Å². The van der Waals surface area contributed by atoms with Crippen LogP contribution < -0.4 is 0 Å². The minimum atomic E-state index is -0.0139. The van der Waals surface area contributed by atoms with Gasteiger partial charge in [-0.25, -0.2) is 0 Å². The second kappa shape index (κ2) is 15.9. The number of nitrogens with zero attached hydrogens (tertiary/aromatic N) is 1. The molecule has 0 aliphatic rings. The third-order valence-electron chi connectivity index (χ3n) is 9.02. The van der Waals surface area contributed by atoms with Gasteiger partial charge in [0.25, 0.3) is 0 Å². The van der Waals surface area contributed by atoms with E-state index < -0.39 is 0 Å². The summed E-state index contributed by atoms with van der Waals surface area (Å²) < 4.78 is 12.4. The van der Waals surface area contributed by atoms with Crippen LogP contribution in [0.2, 0.25) is 0 Å². The predicted octanol–water partition coefficient (Wildman–Crippen LogP) is 12.0. The number of benzene rings is 3. The molecule has 0 fully saturated rings. The van der Waals surface area contributed by atoms with E-state index in [1.165, 1.54) is 17.0 Å². The standard InChI is InChI=1S/C29H22NO2.C13H24O2.Ir/c1-29(2,3)23-15-21(14-18-8-4-6-10-22(18)23)27-28-20(12-13-30-27)17-26(32-28)25-16-19-9-5-7-11-24(19)31-25;1-5-10(6-2)12(14)9-13(15)11(7-3)8-4;/h4-13,15-17H,1-3H3;9-11,14H,5-8H2,1-4H3;/q-1;;/b;12-9-;. The van der Waals surface area contributed by atoms with Gasteiger partial charge in [0.2, 0.25) is 0 Å². The van der Waals surface area contributed by atoms with Crippen LogP contribution in [0.5, 0.6) is 0 Å². The fourth-order valence-electron chi connectivity index (χ4n) is 6.14. The van der Waals surface area contributed by atoms with Gasteiger partial charge in [0.05, 0.1) is 5.76 Å². The van der Waals surface area contributed by atoms with Gasteiger partial charge in [-0.1, -0.05) is 95.8 Å². The smallest absolute Gasteiger partial charge is 0.170 e. The summed E-state index contributed by atoms with van der Waals surface area (Å²) in [6, 6.07) is 28.2. The van der Waals surface area contributed by atoms with E-state index in [1.54, 1.807) is 0 Å². The molecule has 0 spiro atoms. The minimum absolute atomic E-state index is 0. The average Bonchev–Trinajstić information content (AvgIpc) is 3.70. The van der Waals surface area contributed by atoms with Crippen LogP contribution in [-0.2, 0) is 30.3 Å². The number of carbonyl (C=O) groups is 1. The number of rotatable bonds is 9. The van der Waals surface area contributed by atoms with Gasteiger partial charge in [0, 0.05) is 60.7 Å². The van der Waals surface area contributed by atoms with Crippen molar-refractivity contribution in [1.82, 2.24) is 4.98 Å². The van der Waals surface area contributed by atoms with Crippen molar-refractivity contribution in [3.63, 3.8) is 0 Å². The number of aliphatic hydroxyl groups is 1. The Bertz CT molecular complexity index is 1990. The molecule has 5 nitrogen and oxygen atoms in total. The van der Waals surface area contributed by atoms with E-state index in [0.717, 1.165) is 64.3 Å². The molecule has 3 aromatic carbocycles. The quantitative estimate of drug-likeness (QED) is 0.0893. The Balaban J connectivity index is 0.000000279. The number of allylic oxidation sites excluding steroid dienone is 2. The second-order valence-electron chi connectivity index (χ2n) is 13.2. The monoisotopic (exact) mass is 821 g/mol. The number of pyridine rings is 1. The van der Waals surface area contributed by atoms with Crippen LogP contribution >= 0.6 is 0 Å². The molecule has 3 aromatic heterocycles. The van der Waals surface area contributed by atoms with E-state index >= 15 is 0 Å².